The second-order valence-electron chi connectivity index (χ2n) is 8.65. The second kappa shape index (κ2) is 7.14. The van der Waals surface area contributed by atoms with Gasteiger partial charge >= 0.3 is 0 Å². The van der Waals surface area contributed by atoms with Crippen LogP contribution in [-0.2, 0) is 0 Å². The van der Waals surface area contributed by atoms with Crippen molar-refractivity contribution in [2.75, 3.05) is 30.4 Å². The number of anilines is 2. The van der Waals surface area contributed by atoms with Gasteiger partial charge in [0, 0.05) is 28.3 Å². The van der Waals surface area contributed by atoms with Crippen molar-refractivity contribution in [2.45, 2.75) is 45.8 Å². The summed E-state index contributed by atoms with van der Waals surface area (Å²) in [6.45, 7) is 9.20. The van der Waals surface area contributed by atoms with Crippen molar-refractivity contribution < 1.29 is 0 Å². The number of rotatable bonds is 5. The molecule has 2 heterocycles. The molecule has 27 heavy (non-hydrogen) atoms. The fourth-order valence-electron chi connectivity index (χ4n) is 5.00. The lowest BCUT2D eigenvalue weighted by atomic mass is 9.99. The molecular formula is C23H31BrN3+. The number of hydrogen-bond donors (Lipinski definition) is 1. The molecule has 3 unspecified atom stereocenters. The van der Waals surface area contributed by atoms with Crippen LogP contribution in [0.1, 0.15) is 45.2 Å². The molecule has 4 rings (SSSR count). The van der Waals surface area contributed by atoms with Crippen molar-refractivity contribution in [3.63, 3.8) is 0 Å². The minimum absolute atomic E-state index is 0.313. The third-order valence-corrected chi connectivity index (χ3v) is 6.63. The first kappa shape index (κ1) is 18.8. The quantitative estimate of drug-likeness (QED) is 0.573. The third kappa shape index (κ3) is 3.07. The maximum atomic E-state index is 3.90. The molecule has 0 bridgehead atoms. The maximum absolute atomic E-state index is 3.90. The zero-order valence-corrected chi connectivity index (χ0v) is 18.5. The topological polar surface area (TPSA) is 15.3 Å². The van der Waals surface area contributed by atoms with Crippen molar-refractivity contribution in [1.29, 1.82) is 0 Å². The molecule has 144 valence electrons. The Bertz CT molecular complexity index is 834. The van der Waals surface area contributed by atoms with Gasteiger partial charge in [0.05, 0.1) is 19.3 Å². The van der Waals surface area contributed by atoms with E-state index in [1.165, 1.54) is 42.0 Å². The molecule has 0 radical (unpaired) electrons. The number of hydrogen-bond acceptors (Lipinski definition) is 2. The van der Waals surface area contributed by atoms with Crippen molar-refractivity contribution in [3.8, 4) is 0 Å². The van der Waals surface area contributed by atoms with E-state index >= 15 is 0 Å². The highest BCUT2D eigenvalue weighted by Gasteiger charge is 2.54. The molecule has 0 saturated carbocycles. The number of likely N-dealkylation sites (N-methyl/N-ethyl adjacent to an activating group) is 1. The Labute approximate surface area is 172 Å². The standard InChI is InChI=1S/C23H31BrN3/c1-5-6-13-27(4)21-10-8-7-9-19(21)25-22-18-14-17(24)11-12-20(18)26(23(22)27)15-16(2)3/h7-12,14,16,22-23,25H,5-6,13,15H2,1-4H3/q+1. The molecule has 0 spiro atoms. The Morgan fingerprint density at radius 3 is 2.70 bits per heavy atom. The van der Waals surface area contributed by atoms with E-state index in [2.05, 4.69) is 96.4 Å². The van der Waals surface area contributed by atoms with Crippen molar-refractivity contribution in [2.24, 2.45) is 5.92 Å². The normalized spacial score (nSPS) is 25.8. The minimum atomic E-state index is 0.313. The van der Waals surface area contributed by atoms with Gasteiger partial charge in [0.15, 0.2) is 11.9 Å². The lowest BCUT2D eigenvalue weighted by Gasteiger charge is -2.50. The zero-order valence-electron chi connectivity index (χ0n) is 16.9. The van der Waals surface area contributed by atoms with Gasteiger partial charge in [0.2, 0.25) is 0 Å². The van der Waals surface area contributed by atoms with Gasteiger partial charge in [-0.05, 0) is 36.6 Å². The van der Waals surface area contributed by atoms with Gasteiger partial charge in [-0.25, -0.2) is 0 Å². The molecule has 3 nitrogen and oxygen atoms in total. The van der Waals surface area contributed by atoms with Crippen LogP contribution in [0.25, 0.3) is 0 Å². The van der Waals surface area contributed by atoms with Crippen LogP contribution in [0.5, 0.6) is 0 Å². The Kier molecular flexibility index (Phi) is 4.98. The van der Waals surface area contributed by atoms with Gasteiger partial charge in [0.25, 0.3) is 0 Å². The number of nitrogens with one attached hydrogen (secondary N) is 1. The van der Waals surface area contributed by atoms with E-state index in [9.17, 15) is 0 Å². The summed E-state index contributed by atoms with van der Waals surface area (Å²) >= 11 is 3.70. The number of quaternary nitrogens is 1. The SMILES string of the molecule is CCCC[N+]1(C)c2ccccc2NC2c3cc(Br)ccc3N(CC(C)C)C21. The van der Waals surface area contributed by atoms with Crippen LogP contribution >= 0.6 is 15.9 Å². The first-order valence-electron chi connectivity index (χ1n) is 10.2. The molecule has 0 amide bonds. The molecule has 0 aromatic heterocycles. The van der Waals surface area contributed by atoms with Crippen LogP contribution < -0.4 is 14.7 Å². The Morgan fingerprint density at radius 1 is 1.19 bits per heavy atom. The van der Waals surface area contributed by atoms with E-state index in [0.717, 1.165) is 15.5 Å². The first-order chi connectivity index (χ1) is 13.0. The van der Waals surface area contributed by atoms with Crippen LogP contribution in [0, 0.1) is 5.92 Å². The van der Waals surface area contributed by atoms with Crippen LogP contribution in [-0.4, -0.2) is 26.3 Å². The number of para-hydroxylation sites is 2. The van der Waals surface area contributed by atoms with E-state index in [1.807, 2.05) is 0 Å². The summed E-state index contributed by atoms with van der Waals surface area (Å²) in [6, 6.07) is 16.0. The Hall–Kier alpha value is -1.52. The van der Waals surface area contributed by atoms with Crippen LogP contribution in [0.2, 0.25) is 0 Å². The number of benzene rings is 2. The summed E-state index contributed by atoms with van der Waals surface area (Å²) in [5, 5.41) is 3.90. The average Bonchev–Trinajstić information content (AvgIpc) is 2.93. The Balaban J connectivity index is 1.89. The molecule has 1 N–H and O–H groups in total. The van der Waals surface area contributed by atoms with Gasteiger partial charge in [-0.15, -0.1) is 0 Å². The fraction of sp³-hybridized carbons (Fsp3) is 0.478. The molecule has 2 aliphatic heterocycles. The molecule has 2 aliphatic rings. The molecule has 2 aromatic rings. The summed E-state index contributed by atoms with van der Waals surface area (Å²) < 4.78 is 2.13. The smallest absolute Gasteiger partial charge is 0.194 e. The number of halogens is 1. The summed E-state index contributed by atoms with van der Waals surface area (Å²) in [6.07, 6.45) is 2.85. The second-order valence-corrected chi connectivity index (χ2v) is 9.56. The summed E-state index contributed by atoms with van der Waals surface area (Å²) in [7, 11) is 2.45. The lowest BCUT2D eigenvalue weighted by Crippen LogP contribution is -2.65. The van der Waals surface area contributed by atoms with Gasteiger partial charge in [-0.2, -0.15) is 0 Å². The van der Waals surface area contributed by atoms with Crippen molar-refractivity contribution in [3.05, 3.63) is 52.5 Å². The first-order valence-corrected chi connectivity index (χ1v) is 11.0. The monoisotopic (exact) mass is 428 g/mol. The van der Waals surface area contributed by atoms with Crippen LogP contribution in [0.4, 0.5) is 17.1 Å². The van der Waals surface area contributed by atoms with Gasteiger partial charge in [-0.1, -0.05) is 55.3 Å². The maximum Gasteiger partial charge on any atom is 0.194 e. The van der Waals surface area contributed by atoms with Crippen molar-refractivity contribution >= 4 is 33.0 Å². The Morgan fingerprint density at radius 2 is 1.96 bits per heavy atom. The third-order valence-electron chi connectivity index (χ3n) is 6.14. The highest BCUT2D eigenvalue weighted by atomic mass is 79.9. The largest absolute Gasteiger partial charge is 0.366 e. The van der Waals surface area contributed by atoms with Gasteiger partial charge in [0.1, 0.15) is 6.04 Å². The number of fused-ring (bicyclic) bond motifs is 4. The molecule has 2 aromatic carbocycles. The summed E-state index contributed by atoms with van der Waals surface area (Å²) in [5.74, 6) is 0.622. The van der Waals surface area contributed by atoms with Gasteiger partial charge in [-0.3, -0.25) is 4.48 Å². The van der Waals surface area contributed by atoms with E-state index in [1.54, 1.807) is 0 Å². The molecule has 0 aliphatic carbocycles. The van der Waals surface area contributed by atoms with Crippen molar-refractivity contribution in [1.82, 2.24) is 4.48 Å². The van der Waals surface area contributed by atoms with E-state index in [4.69, 9.17) is 0 Å². The number of nitrogens with zero attached hydrogens (tertiary/aromatic N) is 2. The molecular weight excluding hydrogens is 398 g/mol. The summed E-state index contributed by atoms with van der Waals surface area (Å²) in [5.41, 5.74) is 5.52. The highest BCUT2D eigenvalue weighted by molar-refractivity contribution is 9.10. The van der Waals surface area contributed by atoms with Crippen LogP contribution in [0.3, 0.4) is 0 Å². The minimum Gasteiger partial charge on any atom is -0.366 e. The molecule has 3 atom stereocenters. The predicted molar refractivity (Wildman–Crippen MR) is 120 cm³/mol. The summed E-state index contributed by atoms with van der Waals surface area (Å²) in [4.78, 5) is 2.68. The lowest BCUT2D eigenvalue weighted by molar-refractivity contribution is 0.207. The molecule has 4 heteroatoms. The predicted octanol–water partition coefficient (Wildman–Crippen LogP) is 6.16. The zero-order chi connectivity index (χ0) is 19.2. The van der Waals surface area contributed by atoms with Crippen LogP contribution in [0.15, 0.2) is 46.9 Å². The highest BCUT2D eigenvalue weighted by Crippen LogP contribution is 2.52. The van der Waals surface area contributed by atoms with Gasteiger partial charge < -0.3 is 10.2 Å². The van der Waals surface area contributed by atoms with E-state index in [0.29, 0.717) is 18.1 Å². The number of unbranched alkanes of at least 4 members (excludes halogenated alkanes) is 1. The van der Waals surface area contributed by atoms with E-state index in [-0.39, 0.29) is 0 Å². The van der Waals surface area contributed by atoms with E-state index < -0.39 is 0 Å². The average molecular weight is 429 g/mol. The fourth-order valence-corrected chi connectivity index (χ4v) is 5.38. The molecule has 0 saturated heterocycles. The molecule has 0 fully saturated rings.